The lowest BCUT2D eigenvalue weighted by molar-refractivity contribution is -0.129. The van der Waals surface area contributed by atoms with E-state index in [-0.39, 0.29) is 17.9 Å². The maximum Gasteiger partial charge on any atom is 0.238 e. The third-order valence-corrected chi connectivity index (χ3v) is 3.30. The molecule has 2 atom stereocenters. The van der Waals surface area contributed by atoms with E-state index in [4.69, 9.17) is 5.73 Å². The summed E-state index contributed by atoms with van der Waals surface area (Å²) in [6, 6.07) is 0.281. The zero-order valence-electron chi connectivity index (χ0n) is 10.2. The molecule has 0 aromatic rings. The Morgan fingerprint density at radius 1 is 1.60 bits per heavy atom. The highest BCUT2D eigenvalue weighted by Gasteiger charge is 2.44. The minimum Gasteiger partial charge on any atom is -0.368 e. The second-order valence-electron chi connectivity index (χ2n) is 5.05. The maximum atomic E-state index is 11.7. The lowest BCUT2D eigenvalue weighted by atomic mass is 9.77. The molecule has 15 heavy (non-hydrogen) atoms. The zero-order valence-corrected chi connectivity index (χ0v) is 10.2. The van der Waals surface area contributed by atoms with Gasteiger partial charge in [-0.25, -0.2) is 0 Å². The summed E-state index contributed by atoms with van der Waals surface area (Å²) in [5, 5.41) is 3.36. The average Bonchev–Trinajstić information content (AvgIpc) is 2.09. The Hall–Kier alpha value is -0.610. The van der Waals surface area contributed by atoms with Crippen molar-refractivity contribution in [2.75, 3.05) is 20.1 Å². The van der Waals surface area contributed by atoms with Gasteiger partial charge in [0.25, 0.3) is 0 Å². The lowest BCUT2D eigenvalue weighted by Crippen LogP contribution is -2.66. The number of hydrogen-bond donors (Lipinski definition) is 2. The van der Waals surface area contributed by atoms with Gasteiger partial charge >= 0.3 is 0 Å². The van der Waals surface area contributed by atoms with E-state index in [2.05, 4.69) is 38.0 Å². The van der Waals surface area contributed by atoms with Crippen molar-refractivity contribution in [1.29, 1.82) is 0 Å². The average molecular weight is 213 g/mol. The van der Waals surface area contributed by atoms with E-state index in [0.29, 0.717) is 0 Å². The van der Waals surface area contributed by atoms with Crippen LogP contribution >= 0.6 is 0 Å². The number of carbonyl (C=O) groups is 1. The van der Waals surface area contributed by atoms with Crippen molar-refractivity contribution in [3.8, 4) is 0 Å². The summed E-state index contributed by atoms with van der Waals surface area (Å²) in [5.74, 6) is 0.0490. The number of likely N-dealkylation sites (tertiary alicyclic amines) is 1. The molecular weight excluding hydrogens is 190 g/mol. The van der Waals surface area contributed by atoms with E-state index in [9.17, 15) is 4.79 Å². The molecular formula is C11H23N3O. The fourth-order valence-electron chi connectivity index (χ4n) is 2.49. The number of rotatable bonds is 3. The van der Waals surface area contributed by atoms with Gasteiger partial charge in [0.15, 0.2) is 0 Å². The highest BCUT2D eigenvalue weighted by Crippen LogP contribution is 2.27. The number of nitrogens with zero attached hydrogens (tertiary/aromatic N) is 1. The van der Waals surface area contributed by atoms with E-state index in [0.717, 1.165) is 19.5 Å². The quantitative estimate of drug-likeness (QED) is 0.703. The second-order valence-corrected chi connectivity index (χ2v) is 5.05. The van der Waals surface area contributed by atoms with Crippen molar-refractivity contribution < 1.29 is 4.79 Å². The zero-order chi connectivity index (χ0) is 11.6. The Morgan fingerprint density at radius 2 is 2.20 bits per heavy atom. The molecule has 0 aromatic heterocycles. The van der Waals surface area contributed by atoms with Crippen molar-refractivity contribution in [3.63, 3.8) is 0 Å². The molecule has 1 amide bonds. The van der Waals surface area contributed by atoms with Gasteiger partial charge in [-0.15, -0.1) is 0 Å². The number of primary amides is 1. The first-order valence-corrected chi connectivity index (χ1v) is 5.64. The van der Waals surface area contributed by atoms with Gasteiger partial charge < -0.3 is 16.0 Å². The van der Waals surface area contributed by atoms with Crippen molar-refractivity contribution in [1.82, 2.24) is 10.2 Å². The molecule has 1 rings (SSSR count). The number of piperidine rings is 1. The van der Waals surface area contributed by atoms with Crippen LogP contribution in [0.25, 0.3) is 0 Å². The predicted molar refractivity (Wildman–Crippen MR) is 61.5 cm³/mol. The molecule has 0 aromatic carbocycles. The van der Waals surface area contributed by atoms with Gasteiger partial charge in [-0.1, -0.05) is 6.92 Å². The van der Waals surface area contributed by atoms with E-state index in [1.807, 2.05) is 0 Å². The van der Waals surface area contributed by atoms with Crippen LogP contribution in [0.1, 0.15) is 27.2 Å². The van der Waals surface area contributed by atoms with E-state index in [1.54, 1.807) is 0 Å². The van der Waals surface area contributed by atoms with Crippen LogP contribution in [-0.4, -0.2) is 42.5 Å². The summed E-state index contributed by atoms with van der Waals surface area (Å²) in [6.07, 6.45) is 0.804. The monoisotopic (exact) mass is 213 g/mol. The number of hydrogen-bond acceptors (Lipinski definition) is 3. The fourth-order valence-corrected chi connectivity index (χ4v) is 2.49. The van der Waals surface area contributed by atoms with Crippen LogP contribution in [0.4, 0.5) is 0 Å². The topological polar surface area (TPSA) is 58.4 Å². The molecule has 0 saturated carbocycles. The maximum absolute atomic E-state index is 11.7. The van der Waals surface area contributed by atoms with Gasteiger partial charge in [0, 0.05) is 19.1 Å². The van der Waals surface area contributed by atoms with E-state index >= 15 is 0 Å². The summed E-state index contributed by atoms with van der Waals surface area (Å²) in [5.41, 5.74) is 5.05. The van der Waals surface area contributed by atoms with Gasteiger partial charge in [0.2, 0.25) is 5.91 Å². The predicted octanol–water partition coefficient (Wildman–Crippen LogP) is 0.180. The van der Waals surface area contributed by atoms with Crippen LogP contribution in [0.5, 0.6) is 0 Å². The Morgan fingerprint density at radius 3 is 2.60 bits per heavy atom. The van der Waals surface area contributed by atoms with Gasteiger partial charge in [0.05, 0.1) is 0 Å². The molecule has 1 heterocycles. The van der Waals surface area contributed by atoms with Crippen LogP contribution in [-0.2, 0) is 4.79 Å². The summed E-state index contributed by atoms with van der Waals surface area (Å²) in [4.78, 5) is 13.9. The summed E-state index contributed by atoms with van der Waals surface area (Å²) in [7, 11) is 2.08. The number of nitrogens with one attached hydrogen (secondary N) is 1. The minimum absolute atomic E-state index is 0.211. The molecule has 0 bridgehead atoms. The summed E-state index contributed by atoms with van der Waals surface area (Å²) in [6.45, 7) is 8.04. The molecule has 0 radical (unpaired) electrons. The van der Waals surface area contributed by atoms with Crippen molar-refractivity contribution in [3.05, 3.63) is 0 Å². The first-order chi connectivity index (χ1) is 6.88. The molecule has 0 spiro atoms. The standard InChI is InChI=1S/C11H23N3O/c1-8(2)13-11(10(12)15)5-6-14(4)7-9(11)3/h8-9,13H,5-7H2,1-4H3,(H2,12,15). The third kappa shape index (κ3) is 2.49. The van der Waals surface area contributed by atoms with Crippen LogP contribution in [0.15, 0.2) is 0 Å². The van der Waals surface area contributed by atoms with E-state index < -0.39 is 5.54 Å². The highest BCUT2D eigenvalue weighted by molar-refractivity contribution is 5.85. The smallest absolute Gasteiger partial charge is 0.238 e. The Bertz CT molecular complexity index is 242. The van der Waals surface area contributed by atoms with Crippen molar-refractivity contribution in [2.45, 2.75) is 38.8 Å². The van der Waals surface area contributed by atoms with Gasteiger partial charge in [0.1, 0.15) is 5.54 Å². The summed E-state index contributed by atoms with van der Waals surface area (Å²) >= 11 is 0. The SMILES string of the molecule is CC(C)NC1(C(N)=O)CCN(C)CC1C. The van der Waals surface area contributed by atoms with Gasteiger partial charge in [-0.3, -0.25) is 4.79 Å². The van der Waals surface area contributed by atoms with Gasteiger partial charge in [-0.05, 0) is 33.2 Å². The Labute approximate surface area is 92.2 Å². The Balaban J connectivity index is 2.85. The number of nitrogens with two attached hydrogens (primary N) is 1. The molecule has 1 saturated heterocycles. The molecule has 1 aliphatic rings. The van der Waals surface area contributed by atoms with Crippen LogP contribution in [0, 0.1) is 5.92 Å². The molecule has 88 valence electrons. The van der Waals surface area contributed by atoms with Gasteiger partial charge in [-0.2, -0.15) is 0 Å². The van der Waals surface area contributed by atoms with Crippen LogP contribution in [0.2, 0.25) is 0 Å². The number of carbonyl (C=O) groups excluding carboxylic acids is 1. The first kappa shape index (κ1) is 12.5. The van der Waals surface area contributed by atoms with Crippen molar-refractivity contribution >= 4 is 5.91 Å². The third-order valence-electron chi connectivity index (χ3n) is 3.30. The van der Waals surface area contributed by atoms with Crippen molar-refractivity contribution in [2.24, 2.45) is 11.7 Å². The molecule has 1 fully saturated rings. The fraction of sp³-hybridized carbons (Fsp3) is 0.909. The molecule has 1 aliphatic heterocycles. The molecule has 0 aliphatic carbocycles. The minimum atomic E-state index is -0.513. The number of amides is 1. The molecule has 2 unspecified atom stereocenters. The molecule has 4 heteroatoms. The van der Waals surface area contributed by atoms with Crippen LogP contribution in [0.3, 0.4) is 0 Å². The normalized spacial score (nSPS) is 33.3. The molecule has 3 N–H and O–H groups in total. The van der Waals surface area contributed by atoms with E-state index in [1.165, 1.54) is 0 Å². The molecule has 4 nitrogen and oxygen atoms in total. The van der Waals surface area contributed by atoms with Crippen LogP contribution < -0.4 is 11.1 Å². The summed E-state index contributed by atoms with van der Waals surface area (Å²) < 4.78 is 0. The first-order valence-electron chi connectivity index (χ1n) is 5.64. The second kappa shape index (κ2) is 4.49. The highest BCUT2D eigenvalue weighted by atomic mass is 16.1. The largest absolute Gasteiger partial charge is 0.368 e. The Kier molecular flexibility index (Phi) is 3.73. The lowest BCUT2D eigenvalue weighted by Gasteiger charge is -2.45.